The van der Waals surface area contributed by atoms with E-state index in [9.17, 15) is 0 Å². The minimum absolute atomic E-state index is 0.462. The number of halogens is 1. The first-order valence-electron chi connectivity index (χ1n) is 6.04. The van der Waals surface area contributed by atoms with Crippen LogP contribution in [-0.2, 0) is 0 Å². The monoisotopic (exact) mass is 237 g/mol. The Morgan fingerprint density at radius 2 is 2.06 bits per heavy atom. The van der Waals surface area contributed by atoms with Gasteiger partial charge in [-0.15, -0.1) is 0 Å². The number of hydrogen-bond donors (Lipinski definition) is 1. The number of allylic oxidation sites excluding steroid dienone is 4. The van der Waals surface area contributed by atoms with Crippen molar-refractivity contribution in [2.45, 2.75) is 39.0 Å². The first-order chi connectivity index (χ1) is 7.74. The van der Waals surface area contributed by atoms with Crippen molar-refractivity contribution in [2.75, 3.05) is 0 Å². The van der Waals surface area contributed by atoms with Gasteiger partial charge in [-0.3, -0.25) is 0 Å². The van der Waals surface area contributed by atoms with E-state index in [1.807, 2.05) is 6.92 Å². The molecule has 3 aliphatic carbocycles. The van der Waals surface area contributed by atoms with Crippen molar-refractivity contribution in [3.8, 4) is 0 Å². The van der Waals surface area contributed by atoms with Crippen LogP contribution in [0, 0.1) is 11.8 Å². The molecule has 0 aliphatic heterocycles. The third-order valence-electron chi connectivity index (χ3n) is 4.30. The van der Waals surface area contributed by atoms with Crippen molar-refractivity contribution in [1.29, 1.82) is 0 Å². The van der Waals surface area contributed by atoms with Gasteiger partial charge >= 0.3 is 0 Å². The van der Waals surface area contributed by atoms with Crippen LogP contribution in [0.25, 0.3) is 0 Å². The van der Waals surface area contributed by atoms with Gasteiger partial charge in [-0.25, -0.2) is 0 Å². The van der Waals surface area contributed by atoms with Crippen LogP contribution >= 0.6 is 11.6 Å². The Morgan fingerprint density at radius 3 is 2.75 bits per heavy atom. The first kappa shape index (κ1) is 10.4. The summed E-state index contributed by atoms with van der Waals surface area (Å²) in [5.41, 5.74) is 5.18. The second kappa shape index (κ2) is 3.63. The van der Waals surface area contributed by atoms with Crippen molar-refractivity contribution in [1.82, 2.24) is 0 Å². The van der Waals surface area contributed by atoms with Crippen molar-refractivity contribution in [2.24, 2.45) is 17.0 Å². The molecular formula is C13H16ClNO. The number of fused-ring (bicyclic) bond motifs is 4. The predicted octanol–water partition coefficient (Wildman–Crippen LogP) is 3.85. The first-order valence-corrected chi connectivity index (χ1v) is 6.42. The van der Waals surface area contributed by atoms with Gasteiger partial charge in [0.2, 0.25) is 0 Å². The molecule has 0 unspecified atom stereocenters. The number of oxime groups is 1. The average molecular weight is 238 g/mol. The van der Waals surface area contributed by atoms with Crippen LogP contribution in [-0.4, -0.2) is 10.9 Å². The molecule has 16 heavy (non-hydrogen) atoms. The average Bonchev–Trinajstić information content (AvgIpc) is 2.84. The molecule has 2 atom stereocenters. The fourth-order valence-electron chi connectivity index (χ4n) is 3.82. The summed E-state index contributed by atoms with van der Waals surface area (Å²) < 4.78 is 0. The molecule has 1 N–H and O–H groups in total. The SMILES string of the molecule is C/C(Cl)=C1\[C@@H]2CC[C@H]1C1=C2C(=NO)CCC1. The maximum atomic E-state index is 9.10. The van der Waals surface area contributed by atoms with Crippen molar-refractivity contribution >= 4 is 17.3 Å². The van der Waals surface area contributed by atoms with E-state index in [4.69, 9.17) is 16.8 Å². The normalized spacial score (nSPS) is 38.2. The zero-order valence-corrected chi connectivity index (χ0v) is 10.2. The minimum Gasteiger partial charge on any atom is -0.411 e. The molecule has 0 heterocycles. The van der Waals surface area contributed by atoms with Gasteiger partial charge in [-0.05, 0) is 50.2 Å². The highest BCUT2D eigenvalue weighted by molar-refractivity contribution is 6.29. The summed E-state index contributed by atoms with van der Waals surface area (Å²) in [5.74, 6) is 1.03. The van der Waals surface area contributed by atoms with E-state index in [0.717, 1.165) is 23.6 Å². The quantitative estimate of drug-likeness (QED) is 0.504. The molecule has 0 aromatic rings. The molecule has 0 saturated heterocycles. The molecule has 0 spiro atoms. The van der Waals surface area contributed by atoms with E-state index in [-0.39, 0.29) is 0 Å². The topological polar surface area (TPSA) is 32.6 Å². The molecule has 0 amide bonds. The number of nitrogens with zero attached hydrogens (tertiary/aromatic N) is 1. The van der Waals surface area contributed by atoms with Crippen LogP contribution in [0.4, 0.5) is 0 Å². The van der Waals surface area contributed by atoms with Gasteiger partial charge in [0.05, 0.1) is 5.71 Å². The molecular weight excluding hydrogens is 222 g/mol. The molecule has 0 aromatic carbocycles. The second-order valence-electron chi connectivity index (χ2n) is 5.01. The molecule has 1 saturated carbocycles. The summed E-state index contributed by atoms with van der Waals surface area (Å²) in [4.78, 5) is 0. The van der Waals surface area contributed by atoms with Gasteiger partial charge in [-0.1, -0.05) is 22.3 Å². The predicted molar refractivity (Wildman–Crippen MR) is 64.9 cm³/mol. The van der Waals surface area contributed by atoms with E-state index in [0.29, 0.717) is 11.8 Å². The van der Waals surface area contributed by atoms with Crippen LogP contribution in [0.1, 0.15) is 39.0 Å². The van der Waals surface area contributed by atoms with Gasteiger partial charge < -0.3 is 5.21 Å². The lowest BCUT2D eigenvalue weighted by Gasteiger charge is -2.24. The third-order valence-corrected chi connectivity index (χ3v) is 4.52. The molecule has 3 aliphatic rings. The summed E-state index contributed by atoms with van der Waals surface area (Å²) >= 11 is 6.22. The summed E-state index contributed by atoms with van der Waals surface area (Å²) in [6.07, 6.45) is 5.63. The van der Waals surface area contributed by atoms with Crippen LogP contribution in [0.5, 0.6) is 0 Å². The van der Waals surface area contributed by atoms with E-state index in [1.165, 1.54) is 36.0 Å². The number of rotatable bonds is 0. The second-order valence-corrected chi connectivity index (χ2v) is 5.58. The molecule has 1 fully saturated rings. The Hall–Kier alpha value is -0.760. The zero-order chi connectivity index (χ0) is 11.3. The van der Waals surface area contributed by atoms with E-state index in [1.54, 1.807) is 0 Å². The fraction of sp³-hybridized carbons (Fsp3) is 0.615. The molecule has 2 bridgehead atoms. The number of hydrogen-bond acceptors (Lipinski definition) is 2. The van der Waals surface area contributed by atoms with E-state index in [2.05, 4.69) is 5.16 Å². The molecule has 0 aromatic heterocycles. The van der Waals surface area contributed by atoms with Crippen LogP contribution in [0.3, 0.4) is 0 Å². The molecule has 86 valence electrons. The highest BCUT2D eigenvalue weighted by Gasteiger charge is 2.46. The van der Waals surface area contributed by atoms with E-state index < -0.39 is 0 Å². The van der Waals surface area contributed by atoms with Gasteiger partial charge in [-0.2, -0.15) is 0 Å². The lowest BCUT2D eigenvalue weighted by molar-refractivity contribution is 0.316. The van der Waals surface area contributed by atoms with Crippen molar-refractivity contribution < 1.29 is 5.21 Å². The standard InChI is InChI=1S/C13H16ClNO/c1-7(14)12-9-5-6-10(12)13-8(9)3-2-4-11(13)15-16/h9-10,16H,2-6H2,1H3/b12-7+,15-11?/t9-,10-/m0/s1. The van der Waals surface area contributed by atoms with Gasteiger partial charge in [0.1, 0.15) is 0 Å². The largest absolute Gasteiger partial charge is 0.411 e. The Bertz CT molecular complexity index is 429. The van der Waals surface area contributed by atoms with Crippen LogP contribution in [0.15, 0.2) is 26.9 Å². The Balaban J connectivity index is 2.12. The van der Waals surface area contributed by atoms with Gasteiger partial charge in [0.25, 0.3) is 0 Å². The summed E-state index contributed by atoms with van der Waals surface area (Å²) in [5, 5.41) is 13.5. The van der Waals surface area contributed by atoms with E-state index >= 15 is 0 Å². The Labute approximate surface area is 101 Å². The Morgan fingerprint density at radius 1 is 1.31 bits per heavy atom. The van der Waals surface area contributed by atoms with Crippen LogP contribution < -0.4 is 0 Å². The summed E-state index contributed by atoms with van der Waals surface area (Å²) in [6.45, 7) is 2.00. The summed E-state index contributed by atoms with van der Waals surface area (Å²) in [6, 6.07) is 0. The van der Waals surface area contributed by atoms with Crippen LogP contribution in [0.2, 0.25) is 0 Å². The highest BCUT2D eigenvalue weighted by Crippen LogP contribution is 2.57. The maximum Gasteiger partial charge on any atom is 0.0833 e. The van der Waals surface area contributed by atoms with Gasteiger partial charge in [0.15, 0.2) is 0 Å². The summed E-state index contributed by atoms with van der Waals surface area (Å²) in [7, 11) is 0. The minimum atomic E-state index is 0.462. The third kappa shape index (κ3) is 1.22. The molecule has 2 nitrogen and oxygen atoms in total. The van der Waals surface area contributed by atoms with Crippen molar-refractivity contribution in [3.05, 3.63) is 21.8 Å². The van der Waals surface area contributed by atoms with Gasteiger partial charge in [0, 0.05) is 16.9 Å². The smallest absolute Gasteiger partial charge is 0.0833 e. The lowest BCUT2D eigenvalue weighted by Crippen LogP contribution is -2.17. The highest BCUT2D eigenvalue weighted by atomic mass is 35.5. The molecule has 0 radical (unpaired) electrons. The zero-order valence-electron chi connectivity index (χ0n) is 9.46. The molecule has 3 heteroatoms. The lowest BCUT2D eigenvalue weighted by atomic mass is 9.81. The maximum absolute atomic E-state index is 9.10. The van der Waals surface area contributed by atoms with Crippen molar-refractivity contribution in [3.63, 3.8) is 0 Å². The Kier molecular flexibility index (Phi) is 2.36. The fourth-order valence-corrected chi connectivity index (χ4v) is 4.08. The molecule has 3 rings (SSSR count).